The van der Waals surface area contributed by atoms with Crippen LogP contribution in [0, 0.1) is 6.92 Å². The smallest absolute Gasteiger partial charge is 0.150 e. The van der Waals surface area contributed by atoms with Crippen LogP contribution < -0.4 is 0 Å². The Balaban J connectivity index is 1.91. The van der Waals surface area contributed by atoms with Crippen molar-refractivity contribution in [3.63, 3.8) is 0 Å². The van der Waals surface area contributed by atoms with Crippen molar-refractivity contribution in [1.29, 1.82) is 0 Å². The van der Waals surface area contributed by atoms with Gasteiger partial charge in [-0.05, 0) is 36.2 Å². The molecule has 0 N–H and O–H groups in total. The molecular weight excluding hydrogens is 332 g/mol. The van der Waals surface area contributed by atoms with Gasteiger partial charge in [0.1, 0.15) is 16.8 Å². The van der Waals surface area contributed by atoms with Crippen LogP contribution >= 0.6 is 0 Å². The van der Waals surface area contributed by atoms with E-state index in [1.54, 1.807) is 0 Å². The van der Waals surface area contributed by atoms with Gasteiger partial charge in [-0.25, -0.2) is 4.98 Å². The number of hydrogen-bond donors (Lipinski definition) is 0. The third kappa shape index (κ3) is 1.99. The van der Waals surface area contributed by atoms with Crippen molar-refractivity contribution < 1.29 is 4.42 Å². The predicted molar refractivity (Wildman–Crippen MR) is 110 cm³/mol. The number of benzene rings is 3. The topological polar surface area (TPSA) is 30.4 Å². The quantitative estimate of drug-likeness (QED) is 0.346. The molecular formula is C24H16N2O. The number of pyridine rings is 1. The van der Waals surface area contributed by atoms with Crippen molar-refractivity contribution >= 4 is 38.6 Å². The van der Waals surface area contributed by atoms with E-state index in [1.165, 1.54) is 5.56 Å². The van der Waals surface area contributed by atoms with Crippen LogP contribution in [0.2, 0.25) is 0 Å². The van der Waals surface area contributed by atoms with Crippen molar-refractivity contribution in [3.05, 3.63) is 84.4 Å². The monoisotopic (exact) mass is 348 g/mol. The molecule has 0 aliphatic heterocycles. The Morgan fingerprint density at radius 1 is 0.815 bits per heavy atom. The number of hydrogen-bond acceptors (Lipinski definition) is 2. The van der Waals surface area contributed by atoms with Gasteiger partial charge in [0, 0.05) is 11.5 Å². The Morgan fingerprint density at radius 3 is 2.52 bits per heavy atom. The molecule has 0 saturated heterocycles. The van der Waals surface area contributed by atoms with E-state index in [1.807, 2.05) is 24.3 Å². The Hall–Kier alpha value is -3.59. The van der Waals surface area contributed by atoms with E-state index in [0.29, 0.717) is 0 Å². The first kappa shape index (κ1) is 14.6. The lowest BCUT2D eigenvalue weighted by molar-refractivity contribution is 0.669. The highest BCUT2D eigenvalue weighted by atomic mass is 16.3. The standard InChI is InChI=1S/C24H16N2O/c1-15-11-12-18-20(13-15)26-19(16-7-3-2-4-8-16)14-22-23(24(26)25-18)17-9-5-6-10-21(17)27-22/h2-14H,1H3. The highest BCUT2D eigenvalue weighted by Crippen LogP contribution is 2.37. The van der Waals surface area contributed by atoms with Crippen LogP contribution in [-0.2, 0) is 0 Å². The second-order valence-corrected chi connectivity index (χ2v) is 7.00. The lowest BCUT2D eigenvalue weighted by atomic mass is 10.1. The fourth-order valence-corrected chi connectivity index (χ4v) is 4.00. The lowest BCUT2D eigenvalue weighted by Crippen LogP contribution is -1.93. The number of furan rings is 1. The van der Waals surface area contributed by atoms with Crippen molar-refractivity contribution in [1.82, 2.24) is 9.38 Å². The van der Waals surface area contributed by atoms with Crippen molar-refractivity contribution in [3.8, 4) is 11.3 Å². The third-order valence-corrected chi connectivity index (χ3v) is 5.23. The maximum absolute atomic E-state index is 6.19. The molecule has 0 aliphatic carbocycles. The Kier molecular flexibility index (Phi) is 2.81. The van der Waals surface area contributed by atoms with Crippen molar-refractivity contribution in [2.45, 2.75) is 6.92 Å². The average molecular weight is 348 g/mol. The van der Waals surface area contributed by atoms with Gasteiger partial charge in [0.25, 0.3) is 0 Å². The molecule has 0 amide bonds. The molecule has 0 aliphatic rings. The van der Waals surface area contributed by atoms with Gasteiger partial charge in [0.15, 0.2) is 0 Å². The van der Waals surface area contributed by atoms with E-state index in [-0.39, 0.29) is 0 Å². The summed E-state index contributed by atoms with van der Waals surface area (Å²) in [6, 6.07) is 27.2. The summed E-state index contributed by atoms with van der Waals surface area (Å²) >= 11 is 0. The molecule has 0 saturated carbocycles. The minimum Gasteiger partial charge on any atom is -0.456 e. The zero-order valence-electron chi connectivity index (χ0n) is 14.8. The third-order valence-electron chi connectivity index (χ3n) is 5.23. The van der Waals surface area contributed by atoms with Gasteiger partial charge in [-0.3, -0.25) is 4.40 Å². The van der Waals surface area contributed by atoms with Gasteiger partial charge in [-0.2, -0.15) is 0 Å². The molecule has 3 aromatic heterocycles. The van der Waals surface area contributed by atoms with Crippen LogP contribution in [0.5, 0.6) is 0 Å². The number of para-hydroxylation sites is 1. The van der Waals surface area contributed by atoms with Crippen molar-refractivity contribution in [2.75, 3.05) is 0 Å². The summed E-state index contributed by atoms with van der Waals surface area (Å²) in [5.41, 5.74) is 8.28. The van der Waals surface area contributed by atoms with Crippen LogP contribution in [-0.4, -0.2) is 9.38 Å². The van der Waals surface area contributed by atoms with Gasteiger partial charge < -0.3 is 4.42 Å². The van der Waals surface area contributed by atoms with Crippen LogP contribution in [0.15, 0.2) is 83.3 Å². The summed E-state index contributed by atoms with van der Waals surface area (Å²) < 4.78 is 8.45. The number of nitrogens with zero attached hydrogens (tertiary/aromatic N) is 2. The minimum atomic E-state index is 0.870. The molecule has 27 heavy (non-hydrogen) atoms. The van der Waals surface area contributed by atoms with E-state index < -0.39 is 0 Å². The zero-order valence-corrected chi connectivity index (χ0v) is 14.8. The fraction of sp³-hybridized carbons (Fsp3) is 0.0417. The predicted octanol–water partition coefficient (Wildman–Crippen LogP) is 6.36. The molecule has 3 heteroatoms. The minimum absolute atomic E-state index is 0.870. The van der Waals surface area contributed by atoms with E-state index in [0.717, 1.165) is 49.9 Å². The second-order valence-electron chi connectivity index (χ2n) is 7.00. The van der Waals surface area contributed by atoms with E-state index in [9.17, 15) is 0 Å². The highest BCUT2D eigenvalue weighted by Gasteiger charge is 2.18. The molecule has 3 aromatic carbocycles. The summed E-state index contributed by atoms with van der Waals surface area (Å²) in [6.45, 7) is 2.12. The Bertz CT molecular complexity index is 1470. The van der Waals surface area contributed by atoms with Crippen LogP contribution in [0.25, 0.3) is 49.9 Å². The van der Waals surface area contributed by atoms with Crippen LogP contribution in [0.1, 0.15) is 5.56 Å². The van der Waals surface area contributed by atoms with Gasteiger partial charge in [0.2, 0.25) is 0 Å². The summed E-state index contributed by atoms with van der Waals surface area (Å²) in [6.07, 6.45) is 0. The molecule has 3 nitrogen and oxygen atoms in total. The summed E-state index contributed by atoms with van der Waals surface area (Å²) in [5, 5.41) is 2.17. The number of fused-ring (bicyclic) bond motifs is 7. The first-order valence-corrected chi connectivity index (χ1v) is 9.08. The van der Waals surface area contributed by atoms with E-state index in [4.69, 9.17) is 9.40 Å². The molecule has 0 bridgehead atoms. The number of rotatable bonds is 1. The molecule has 6 rings (SSSR count). The Morgan fingerprint density at radius 2 is 1.63 bits per heavy atom. The number of imidazole rings is 1. The van der Waals surface area contributed by atoms with Gasteiger partial charge >= 0.3 is 0 Å². The molecule has 6 aromatic rings. The van der Waals surface area contributed by atoms with Gasteiger partial charge in [-0.1, -0.05) is 54.6 Å². The number of aromatic nitrogens is 2. The van der Waals surface area contributed by atoms with E-state index in [2.05, 4.69) is 65.9 Å². The molecule has 0 unspecified atom stereocenters. The normalized spacial score (nSPS) is 11.9. The molecule has 3 heterocycles. The summed E-state index contributed by atoms with van der Waals surface area (Å²) in [7, 11) is 0. The first-order chi connectivity index (χ1) is 13.3. The van der Waals surface area contributed by atoms with Crippen molar-refractivity contribution in [2.24, 2.45) is 0 Å². The number of aryl methyl sites for hydroxylation is 1. The summed E-state index contributed by atoms with van der Waals surface area (Å²) in [5.74, 6) is 0. The molecule has 0 spiro atoms. The van der Waals surface area contributed by atoms with Crippen LogP contribution in [0.4, 0.5) is 0 Å². The maximum atomic E-state index is 6.19. The summed E-state index contributed by atoms with van der Waals surface area (Å²) in [4.78, 5) is 5.00. The molecule has 128 valence electrons. The highest BCUT2D eigenvalue weighted by molar-refractivity contribution is 6.14. The fourth-order valence-electron chi connectivity index (χ4n) is 4.00. The molecule has 0 radical (unpaired) electrons. The largest absolute Gasteiger partial charge is 0.456 e. The molecule has 0 fully saturated rings. The molecule has 0 atom stereocenters. The lowest BCUT2D eigenvalue weighted by Gasteiger charge is -2.08. The second kappa shape index (κ2) is 5.21. The van der Waals surface area contributed by atoms with E-state index >= 15 is 0 Å². The Labute approximate surface area is 155 Å². The van der Waals surface area contributed by atoms with Crippen LogP contribution in [0.3, 0.4) is 0 Å². The van der Waals surface area contributed by atoms with Gasteiger partial charge in [-0.15, -0.1) is 0 Å². The van der Waals surface area contributed by atoms with Gasteiger partial charge in [0.05, 0.1) is 22.1 Å². The SMILES string of the molecule is Cc1ccc2nc3c4c(cc(-c5ccccc5)n3c2c1)oc1ccccc14. The first-order valence-electron chi connectivity index (χ1n) is 9.08. The zero-order chi connectivity index (χ0) is 18.0. The maximum Gasteiger partial charge on any atom is 0.150 e. The average Bonchev–Trinajstić information content (AvgIpc) is 3.25.